The number of hydrogen-bond donors (Lipinski definition) is 1. The van der Waals surface area contributed by atoms with Gasteiger partial charge >= 0.3 is 0 Å². The summed E-state index contributed by atoms with van der Waals surface area (Å²) in [5, 5.41) is 11.7. The van der Waals surface area contributed by atoms with E-state index in [2.05, 4.69) is 32.5 Å². The lowest BCUT2D eigenvalue weighted by atomic mass is 10.2. The van der Waals surface area contributed by atoms with E-state index >= 15 is 0 Å². The highest BCUT2D eigenvalue weighted by molar-refractivity contribution is 8.01. The Balaban J connectivity index is 1.46. The summed E-state index contributed by atoms with van der Waals surface area (Å²) in [5.74, 6) is 0.591. The molecule has 0 bridgehead atoms. The van der Waals surface area contributed by atoms with Gasteiger partial charge in [0.15, 0.2) is 4.34 Å². The Bertz CT molecular complexity index is 640. The number of benzene rings is 1. The van der Waals surface area contributed by atoms with Gasteiger partial charge in [-0.15, -0.1) is 10.2 Å². The topological polar surface area (TPSA) is 61.4 Å². The number of para-hydroxylation sites is 1. The Morgan fingerprint density at radius 2 is 1.96 bits per heavy atom. The van der Waals surface area contributed by atoms with Crippen LogP contribution in [0.4, 0.5) is 10.8 Å². The van der Waals surface area contributed by atoms with Gasteiger partial charge in [0.1, 0.15) is 0 Å². The van der Waals surface area contributed by atoms with Gasteiger partial charge in [-0.1, -0.05) is 41.3 Å². The number of nitrogens with one attached hydrogen (secondary N) is 1. The van der Waals surface area contributed by atoms with Crippen molar-refractivity contribution in [3.63, 3.8) is 0 Å². The number of hydrogen-bond acceptors (Lipinski definition) is 7. The molecule has 1 fully saturated rings. The van der Waals surface area contributed by atoms with Crippen LogP contribution in [0.25, 0.3) is 0 Å². The van der Waals surface area contributed by atoms with Crippen LogP contribution in [-0.2, 0) is 4.79 Å². The van der Waals surface area contributed by atoms with Crippen LogP contribution in [0.3, 0.4) is 0 Å². The van der Waals surface area contributed by atoms with E-state index in [0.29, 0.717) is 5.75 Å². The highest BCUT2D eigenvalue weighted by Crippen LogP contribution is 2.25. The molecule has 8 heteroatoms. The standard InChI is InChI=1S/C15H19N5OS2/c1-16-14-17-18-15(23-14)22-11-13(21)20-9-7-19(8-10-20)12-5-3-2-4-6-12/h2-6H,7-11H2,1H3,(H,16,17). The Labute approximate surface area is 143 Å². The highest BCUT2D eigenvalue weighted by Gasteiger charge is 2.21. The van der Waals surface area contributed by atoms with Crippen molar-refractivity contribution in [2.75, 3.05) is 49.2 Å². The molecule has 6 nitrogen and oxygen atoms in total. The van der Waals surface area contributed by atoms with E-state index in [-0.39, 0.29) is 5.91 Å². The van der Waals surface area contributed by atoms with Crippen LogP contribution < -0.4 is 10.2 Å². The van der Waals surface area contributed by atoms with E-state index in [1.165, 1.54) is 28.8 Å². The van der Waals surface area contributed by atoms with Crippen molar-refractivity contribution in [3.05, 3.63) is 30.3 Å². The summed E-state index contributed by atoms with van der Waals surface area (Å²) < 4.78 is 0.825. The van der Waals surface area contributed by atoms with E-state index in [1.54, 1.807) is 0 Å². The Morgan fingerprint density at radius 1 is 1.22 bits per heavy atom. The number of nitrogens with zero attached hydrogens (tertiary/aromatic N) is 4. The molecule has 1 aromatic carbocycles. The fourth-order valence-corrected chi connectivity index (χ4v) is 4.04. The third kappa shape index (κ3) is 4.14. The van der Waals surface area contributed by atoms with Crippen LogP contribution in [0.2, 0.25) is 0 Å². The van der Waals surface area contributed by atoms with Gasteiger partial charge in [-0.2, -0.15) is 0 Å². The highest BCUT2D eigenvalue weighted by atomic mass is 32.2. The molecule has 1 aliphatic heterocycles. The Morgan fingerprint density at radius 3 is 2.61 bits per heavy atom. The average molecular weight is 349 g/mol. The zero-order valence-electron chi connectivity index (χ0n) is 12.9. The zero-order chi connectivity index (χ0) is 16.1. The fraction of sp³-hybridized carbons (Fsp3) is 0.400. The molecule has 1 aliphatic rings. The van der Waals surface area contributed by atoms with Gasteiger partial charge in [-0.05, 0) is 12.1 Å². The molecule has 23 heavy (non-hydrogen) atoms. The molecule has 1 N–H and O–H groups in total. The van der Waals surface area contributed by atoms with Gasteiger partial charge in [0.2, 0.25) is 11.0 Å². The number of anilines is 2. The first kappa shape index (κ1) is 16.1. The van der Waals surface area contributed by atoms with Crippen LogP contribution in [0.15, 0.2) is 34.7 Å². The number of piperazine rings is 1. The van der Waals surface area contributed by atoms with Crippen molar-refractivity contribution < 1.29 is 4.79 Å². The Hall–Kier alpha value is -1.80. The second-order valence-corrected chi connectivity index (χ2v) is 7.32. The van der Waals surface area contributed by atoms with Crippen LogP contribution in [-0.4, -0.2) is 60.0 Å². The summed E-state index contributed by atoms with van der Waals surface area (Å²) in [4.78, 5) is 16.6. The lowest BCUT2D eigenvalue weighted by Gasteiger charge is -2.36. The molecule has 0 atom stereocenters. The summed E-state index contributed by atoms with van der Waals surface area (Å²) in [6, 6.07) is 10.3. The summed E-state index contributed by atoms with van der Waals surface area (Å²) in [6.45, 7) is 3.30. The number of rotatable bonds is 5. The molecule has 3 rings (SSSR count). The molecule has 0 aliphatic carbocycles. The molecular formula is C15H19N5OS2. The van der Waals surface area contributed by atoms with E-state index in [1.807, 2.05) is 30.1 Å². The molecule has 1 saturated heterocycles. The molecule has 0 saturated carbocycles. The Kier molecular flexibility index (Phi) is 5.35. The van der Waals surface area contributed by atoms with Crippen molar-refractivity contribution in [2.45, 2.75) is 4.34 Å². The van der Waals surface area contributed by atoms with Gasteiger partial charge in [0.05, 0.1) is 5.75 Å². The maximum absolute atomic E-state index is 12.3. The second kappa shape index (κ2) is 7.65. The minimum absolute atomic E-state index is 0.170. The van der Waals surface area contributed by atoms with Gasteiger partial charge < -0.3 is 15.1 Å². The zero-order valence-corrected chi connectivity index (χ0v) is 14.6. The van der Waals surface area contributed by atoms with Gasteiger partial charge in [0, 0.05) is 38.9 Å². The summed E-state index contributed by atoms with van der Waals surface area (Å²) in [6.07, 6.45) is 0. The monoisotopic (exact) mass is 349 g/mol. The van der Waals surface area contributed by atoms with Crippen molar-refractivity contribution >= 4 is 39.8 Å². The molecular weight excluding hydrogens is 330 g/mol. The number of carbonyl (C=O) groups is 1. The van der Waals surface area contributed by atoms with Gasteiger partial charge in [-0.3, -0.25) is 4.79 Å². The van der Waals surface area contributed by atoms with Crippen molar-refractivity contribution in [3.8, 4) is 0 Å². The molecule has 1 amide bonds. The number of thioether (sulfide) groups is 1. The normalized spacial score (nSPS) is 14.8. The molecule has 0 spiro atoms. The van der Waals surface area contributed by atoms with Crippen LogP contribution >= 0.6 is 23.1 Å². The quantitative estimate of drug-likeness (QED) is 0.834. The van der Waals surface area contributed by atoms with Crippen LogP contribution in [0.1, 0.15) is 0 Å². The minimum atomic E-state index is 0.170. The number of aromatic nitrogens is 2. The fourth-order valence-electron chi connectivity index (χ4n) is 2.44. The first-order valence-electron chi connectivity index (χ1n) is 7.48. The lowest BCUT2D eigenvalue weighted by molar-refractivity contribution is -0.128. The third-order valence-electron chi connectivity index (χ3n) is 3.69. The molecule has 2 heterocycles. The lowest BCUT2D eigenvalue weighted by Crippen LogP contribution is -2.49. The van der Waals surface area contributed by atoms with Gasteiger partial charge in [-0.25, -0.2) is 0 Å². The molecule has 0 unspecified atom stereocenters. The van der Waals surface area contributed by atoms with Gasteiger partial charge in [0.25, 0.3) is 0 Å². The second-order valence-electron chi connectivity index (χ2n) is 5.12. The van der Waals surface area contributed by atoms with E-state index in [4.69, 9.17) is 0 Å². The maximum Gasteiger partial charge on any atom is 0.233 e. The minimum Gasteiger partial charge on any atom is -0.368 e. The third-order valence-corrected chi connectivity index (χ3v) is 5.75. The summed E-state index contributed by atoms with van der Waals surface area (Å²) in [7, 11) is 1.81. The smallest absolute Gasteiger partial charge is 0.233 e. The largest absolute Gasteiger partial charge is 0.368 e. The van der Waals surface area contributed by atoms with Crippen molar-refractivity contribution in [2.24, 2.45) is 0 Å². The van der Waals surface area contributed by atoms with E-state index < -0.39 is 0 Å². The maximum atomic E-state index is 12.3. The van der Waals surface area contributed by atoms with Crippen molar-refractivity contribution in [1.82, 2.24) is 15.1 Å². The van der Waals surface area contributed by atoms with Crippen LogP contribution in [0, 0.1) is 0 Å². The predicted molar refractivity (Wildman–Crippen MR) is 95.4 cm³/mol. The average Bonchev–Trinajstić information content (AvgIpc) is 3.09. The molecule has 0 radical (unpaired) electrons. The van der Waals surface area contributed by atoms with E-state index in [0.717, 1.165) is 35.7 Å². The summed E-state index contributed by atoms with van der Waals surface area (Å²) >= 11 is 2.93. The first-order valence-corrected chi connectivity index (χ1v) is 9.28. The first-order chi connectivity index (χ1) is 11.3. The van der Waals surface area contributed by atoms with E-state index in [9.17, 15) is 4.79 Å². The predicted octanol–water partition coefficient (Wildman–Crippen LogP) is 2.02. The SMILES string of the molecule is CNc1nnc(SCC(=O)N2CCN(c3ccccc3)CC2)s1. The number of amides is 1. The van der Waals surface area contributed by atoms with Crippen LogP contribution in [0.5, 0.6) is 0 Å². The summed E-state index contributed by atoms with van der Waals surface area (Å²) in [5.41, 5.74) is 1.22. The molecule has 122 valence electrons. The number of carbonyl (C=O) groups excluding carboxylic acids is 1. The van der Waals surface area contributed by atoms with Crippen molar-refractivity contribution in [1.29, 1.82) is 0 Å². The molecule has 2 aromatic rings. The molecule has 1 aromatic heterocycles.